The normalized spacial score (nSPS) is 11.9. The summed E-state index contributed by atoms with van der Waals surface area (Å²) in [7, 11) is 3.92. The van der Waals surface area contributed by atoms with Crippen LogP contribution < -0.4 is 0 Å². The van der Waals surface area contributed by atoms with Gasteiger partial charge in [-0.15, -0.1) is 0 Å². The first-order valence-electron chi connectivity index (χ1n) is 7.17. The molecule has 2 N–H and O–H groups in total. The van der Waals surface area contributed by atoms with E-state index >= 15 is 0 Å². The van der Waals surface area contributed by atoms with Crippen LogP contribution in [-0.4, -0.2) is 47.7 Å². The number of carboxylic acids is 2. The third-order valence-electron chi connectivity index (χ3n) is 2.71. The van der Waals surface area contributed by atoms with E-state index in [4.69, 9.17) is 10.2 Å². The predicted molar refractivity (Wildman–Crippen MR) is 85.5 cm³/mol. The third kappa shape index (κ3) is 16.3. The van der Waals surface area contributed by atoms with Crippen molar-refractivity contribution < 1.29 is 19.8 Å². The fraction of sp³-hybridized carbons (Fsp3) is 0.625. The topological polar surface area (TPSA) is 77.8 Å². The van der Waals surface area contributed by atoms with Gasteiger partial charge in [-0.25, -0.2) is 9.59 Å². The summed E-state index contributed by atoms with van der Waals surface area (Å²) in [5, 5.41) is 16.9. The Balaban J connectivity index is 0. The number of allylic oxidation sites excluding steroid dienone is 1. The number of rotatable bonds is 8. The largest absolute Gasteiger partial charge is 0.478 e. The molecule has 0 spiro atoms. The van der Waals surface area contributed by atoms with E-state index in [-0.39, 0.29) is 0 Å². The second-order valence-corrected chi connectivity index (χ2v) is 5.12. The number of hydrogen-bond acceptors (Lipinski definition) is 3. The van der Waals surface area contributed by atoms with Crippen molar-refractivity contribution in [1.29, 1.82) is 0 Å². The molecule has 0 fully saturated rings. The van der Waals surface area contributed by atoms with Gasteiger partial charge in [-0.2, -0.15) is 0 Å². The number of aliphatic carboxylic acids is 2. The summed E-state index contributed by atoms with van der Waals surface area (Å²) >= 11 is 0. The summed E-state index contributed by atoms with van der Waals surface area (Å²) in [5.41, 5.74) is 0.875. The molecule has 0 radical (unpaired) electrons. The van der Waals surface area contributed by atoms with Crippen LogP contribution in [0.15, 0.2) is 23.3 Å². The minimum absolute atomic E-state index is 0.423. The van der Waals surface area contributed by atoms with Crippen LogP contribution in [0, 0.1) is 0 Å². The van der Waals surface area contributed by atoms with Crippen LogP contribution in [0.4, 0.5) is 0 Å². The lowest BCUT2D eigenvalue weighted by atomic mass is 10.2. The van der Waals surface area contributed by atoms with Crippen molar-refractivity contribution in [2.45, 2.75) is 46.5 Å². The molecule has 122 valence electrons. The zero-order valence-electron chi connectivity index (χ0n) is 13.8. The van der Waals surface area contributed by atoms with Crippen molar-refractivity contribution >= 4 is 11.9 Å². The zero-order chi connectivity index (χ0) is 16.8. The first kappa shape index (κ1) is 21.7. The molecule has 0 aromatic carbocycles. The Hall–Kier alpha value is -1.62. The molecule has 0 aliphatic carbocycles. The van der Waals surface area contributed by atoms with Crippen molar-refractivity contribution in [3.8, 4) is 0 Å². The van der Waals surface area contributed by atoms with E-state index in [9.17, 15) is 9.59 Å². The number of carbonyl (C=O) groups is 2. The van der Waals surface area contributed by atoms with E-state index < -0.39 is 11.9 Å². The lowest BCUT2D eigenvalue weighted by Gasteiger charge is -2.05. The van der Waals surface area contributed by atoms with E-state index in [1.54, 1.807) is 26.0 Å². The van der Waals surface area contributed by atoms with Crippen molar-refractivity contribution in [3.63, 3.8) is 0 Å². The minimum Gasteiger partial charge on any atom is -0.478 e. The number of nitrogens with zero attached hydrogens (tertiary/aromatic N) is 1. The second-order valence-electron chi connectivity index (χ2n) is 5.12. The molecule has 0 bridgehead atoms. The van der Waals surface area contributed by atoms with Gasteiger partial charge < -0.3 is 15.1 Å². The second kappa shape index (κ2) is 13.4. The van der Waals surface area contributed by atoms with Gasteiger partial charge in [0.05, 0.1) is 0 Å². The van der Waals surface area contributed by atoms with Gasteiger partial charge in [0.1, 0.15) is 0 Å². The van der Waals surface area contributed by atoms with Gasteiger partial charge in [0.25, 0.3) is 0 Å². The molecule has 0 rings (SSSR count). The maximum atomic E-state index is 10.3. The summed E-state index contributed by atoms with van der Waals surface area (Å²) < 4.78 is 0. The average Bonchev–Trinajstić information content (AvgIpc) is 2.38. The molecule has 0 saturated heterocycles. The van der Waals surface area contributed by atoms with Crippen molar-refractivity contribution in [3.05, 3.63) is 23.3 Å². The molecule has 0 saturated carbocycles. The first-order valence-corrected chi connectivity index (χ1v) is 7.17. The quantitative estimate of drug-likeness (QED) is 0.531. The molecule has 0 amide bonds. The van der Waals surface area contributed by atoms with Gasteiger partial charge in [-0.05, 0) is 40.8 Å². The van der Waals surface area contributed by atoms with Crippen LogP contribution in [0.2, 0.25) is 0 Å². The van der Waals surface area contributed by atoms with Gasteiger partial charge in [-0.1, -0.05) is 31.9 Å². The Morgan fingerprint density at radius 2 is 1.38 bits per heavy atom. The summed E-state index contributed by atoms with van der Waals surface area (Å²) in [4.78, 5) is 22.5. The van der Waals surface area contributed by atoms with Crippen LogP contribution >= 0.6 is 0 Å². The zero-order valence-corrected chi connectivity index (χ0v) is 13.8. The summed E-state index contributed by atoms with van der Waals surface area (Å²) in [5.74, 6) is -1.64. The number of carboxylic acid groups (broad SMARTS) is 2. The Morgan fingerprint density at radius 1 is 0.952 bits per heavy atom. The summed E-state index contributed by atoms with van der Waals surface area (Å²) in [6.45, 7) is 6.21. The summed E-state index contributed by atoms with van der Waals surface area (Å²) in [6, 6.07) is 0. The lowest BCUT2D eigenvalue weighted by Crippen LogP contribution is -2.12. The smallest absolute Gasteiger partial charge is 0.330 e. The van der Waals surface area contributed by atoms with Crippen LogP contribution in [-0.2, 0) is 9.59 Å². The van der Waals surface area contributed by atoms with Crippen LogP contribution in [0.3, 0.4) is 0 Å². The monoisotopic (exact) mass is 299 g/mol. The van der Waals surface area contributed by atoms with Crippen LogP contribution in [0.25, 0.3) is 0 Å². The van der Waals surface area contributed by atoms with Crippen LogP contribution in [0.5, 0.6) is 0 Å². The van der Waals surface area contributed by atoms with E-state index in [2.05, 4.69) is 6.92 Å². The van der Waals surface area contributed by atoms with Crippen molar-refractivity contribution in [2.75, 3.05) is 20.6 Å². The van der Waals surface area contributed by atoms with Crippen LogP contribution in [0.1, 0.15) is 46.5 Å². The average molecular weight is 299 g/mol. The summed E-state index contributed by atoms with van der Waals surface area (Å²) in [6.07, 6.45) is 7.38. The maximum absolute atomic E-state index is 10.3. The highest BCUT2D eigenvalue weighted by molar-refractivity contribution is 5.86. The predicted octanol–water partition coefficient (Wildman–Crippen LogP) is 3.18. The molecule has 21 heavy (non-hydrogen) atoms. The van der Waals surface area contributed by atoms with Gasteiger partial charge in [0.2, 0.25) is 0 Å². The fourth-order valence-electron chi connectivity index (χ4n) is 1.24. The molecule has 0 aliphatic heterocycles. The maximum Gasteiger partial charge on any atom is 0.330 e. The standard InChI is InChI=1S/C8H15NO2.C8H14O2/c1-7(8(10)11)5-4-6-9(2)3;1-3-4-5-6-7(2)8(9)10/h5H,4,6H2,1-3H3,(H,10,11);6H,3-5H2,1-2H3,(H,9,10)/b7-5+;7-6+. The van der Waals surface area contributed by atoms with Gasteiger partial charge in [0, 0.05) is 17.7 Å². The highest BCUT2D eigenvalue weighted by atomic mass is 16.4. The molecule has 0 aromatic heterocycles. The molecule has 5 nitrogen and oxygen atoms in total. The Morgan fingerprint density at radius 3 is 1.71 bits per heavy atom. The molecule has 0 atom stereocenters. The molecular weight excluding hydrogens is 270 g/mol. The van der Waals surface area contributed by atoms with E-state index in [1.165, 1.54) is 0 Å². The molecule has 0 aromatic rings. The molecule has 0 heterocycles. The van der Waals surface area contributed by atoms with Gasteiger partial charge in [0.15, 0.2) is 0 Å². The van der Waals surface area contributed by atoms with Crippen molar-refractivity contribution in [1.82, 2.24) is 4.90 Å². The number of unbranched alkanes of at least 4 members (excludes halogenated alkanes) is 2. The number of hydrogen-bond donors (Lipinski definition) is 2. The molecule has 0 unspecified atom stereocenters. The van der Waals surface area contributed by atoms with E-state index in [0.29, 0.717) is 11.1 Å². The fourth-order valence-corrected chi connectivity index (χ4v) is 1.24. The van der Waals surface area contributed by atoms with Gasteiger partial charge >= 0.3 is 11.9 Å². The Bertz CT molecular complexity index is 370. The van der Waals surface area contributed by atoms with E-state index in [0.717, 1.165) is 32.2 Å². The molecule has 0 aliphatic rings. The SMILES string of the molecule is C/C(=C\CCN(C)C)C(=O)O.CCCC/C=C(\C)C(=O)O. The lowest BCUT2D eigenvalue weighted by molar-refractivity contribution is -0.133. The van der Waals surface area contributed by atoms with Crippen molar-refractivity contribution in [2.24, 2.45) is 0 Å². The third-order valence-corrected chi connectivity index (χ3v) is 2.71. The van der Waals surface area contributed by atoms with E-state index in [1.807, 2.05) is 19.0 Å². The highest BCUT2D eigenvalue weighted by Crippen LogP contribution is 2.00. The Labute approximate surface area is 128 Å². The highest BCUT2D eigenvalue weighted by Gasteiger charge is 1.97. The van der Waals surface area contributed by atoms with Gasteiger partial charge in [-0.3, -0.25) is 0 Å². The first-order chi connectivity index (χ1) is 9.72. The molecule has 5 heteroatoms. The molecular formula is C16H29NO4. The minimum atomic E-state index is -0.830. The Kier molecular flexibility index (Phi) is 13.8.